The van der Waals surface area contributed by atoms with Crippen molar-refractivity contribution in [3.63, 3.8) is 0 Å². The summed E-state index contributed by atoms with van der Waals surface area (Å²) >= 11 is 6.52. The van der Waals surface area contributed by atoms with Gasteiger partial charge in [-0.1, -0.05) is 71.8 Å². The lowest BCUT2D eigenvalue weighted by molar-refractivity contribution is 0.235. The fourth-order valence-corrected chi connectivity index (χ4v) is 4.20. The van der Waals surface area contributed by atoms with Crippen molar-refractivity contribution in [1.82, 2.24) is 0 Å². The van der Waals surface area contributed by atoms with Crippen LogP contribution in [0.25, 0.3) is 0 Å². The number of hydrogen-bond donors (Lipinski definition) is 0. The maximum absolute atomic E-state index is 6.52. The van der Waals surface area contributed by atoms with E-state index in [1.807, 2.05) is 24.3 Å². The fourth-order valence-electron chi connectivity index (χ4n) is 3.94. The second-order valence-corrected chi connectivity index (χ2v) is 7.49. The van der Waals surface area contributed by atoms with E-state index in [2.05, 4.69) is 43.3 Å². The molecule has 5 rings (SSSR count). The molecule has 0 spiro atoms. The second kappa shape index (κ2) is 6.07. The van der Waals surface area contributed by atoms with Crippen LogP contribution in [0.15, 0.2) is 60.7 Å². The predicted molar refractivity (Wildman–Crippen MR) is 103 cm³/mol. The average molecular weight is 363 g/mol. The van der Waals surface area contributed by atoms with Gasteiger partial charge in [0.2, 0.25) is 0 Å². The Bertz CT molecular complexity index is 964. The van der Waals surface area contributed by atoms with Gasteiger partial charge in [-0.15, -0.1) is 0 Å². The number of halogens is 1. The maximum Gasteiger partial charge on any atom is 0.142 e. The quantitative estimate of drug-likeness (QED) is 0.556. The minimum atomic E-state index is 0.0219. The number of benzene rings is 3. The van der Waals surface area contributed by atoms with Crippen LogP contribution in [-0.2, 0) is 12.8 Å². The molecule has 0 radical (unpaired) electrons. The number of fused-ring (bicyclic) bond motifs is 3. The summed E-state index contributed by atoms with van der Waals surface area (Å²) in [5.41, 5.74) is 6.09. The largest absolute Gasteiger partial charge is 0.485 e. The van der Waals surface area contributed by atoms with Gasteiger partial charge >= 0.3 is 0 Å². The van der Waals surface area contributed by atoms with E-state index in [-0.39, 0.29) is 12.2 Å². The van der Waals surface area contributed by atoms with E-state index in [0.29, 0.717) is 5.02 Å². The molecule has 0 bridgehead atoms. The van der Waals surface area contributed by atoms with Crippen molar-refractivity contribution in [2.75, 3.05) is 0 Å². The lowest BCUT2D eigenvalue weighted by Gasteiger charge is -2.12. The Morgan fingerprint density at radius 2 is 1.46 bits per heavy atom. The molecule has 0 saturated carbocycles. The van der Waals surface area contributed by atoms with Gasteiger partial charge in [-0.3, -0.25) is 0 Å². The molecule has 2 nitrogen and oxygen atoms in total. The average Bonchev–Trinajstić information content (AvgIpc) is 3.28. The lowest BCUT2D eigenvalue weighted by Crippen LogP contribution is -2.04. The Morgan fingerprint density at radius 1 is 0.808 bits per heavy atom. The predicted octanol–water partition coefficient (Wildman–Crippen LogP) is 6.00. The second-order valence-electron chi connectivity index (χ2n) is 7.09. The fraction of sp³-hybridized carbons (Fsp3) is 0.217. The summed E-state index contributed by atoms with van der Waals surface area (Å²) in [4.78, 5) is 0. The zero-order valence-corrected chi connectivity index (χ0v) is 15.3. The highest BCUT2D eigenvalue weighted by Gasteiger charge is 2.35. The first kappa shape index (κ1) is 15.8. The third-order valence-electron chi connectivity index (χ3n) is 5.34. The van der Waals surface area contributed by atoms with Gasteiger partial charge in [0.05, 0.1) is 5.02 Å². The molecular formula is C23H19ClO2. The van der Waals surface area contributed by atoms with E-state index >= 15 is 0 Å². The number of rotatable bonds is 2. The summed E-state index contributed by atoms with van der Waals surface area (Å²) in [6.07, 6.45) is 1.77. The molecule has 2 heterocycles. The molecule has 2 aliphatic heterocycles. The minimum absolute atomic E-state index is 0.0219. The molecule has 26 heavy (non-hydrogen) atoms. The summed E-state index contributed by atoms with van der Waals surface area (Å²) in [5, 5.41) is 0.640. The van der Waals surface area contributed by atoms with E-state index in [0.717, 1.165) is 24.3 Å². The minimum Gasteiger partial charge on any atom is -0.485 e. The topological polar surface area (TPSA) is 18.5 Å². The molecule has 0 aromatic heterocycles. The van der Waals surface area contributed by atoms with E-state index in [4.69, 9.17) is 21.1 Å². The normalized spacial score (nSPS) is 20.2. The van der Waals surface area contributed by atoms with Crippen molar-refractivity contribution in [1.29, 1.82) is 0 Å². The third-order valence-corrected chi connectivity index (χ3v) is 5.62. The van der Waals surface area contributed by atoms with Crippen molar-refractivity contribution in [2.45, 2.75) is 32.0 Å². The molecule has 3 heteroatoms. The zero-order valence-electron chi connectivity index (χ0n) is 14.5. The van der Waals surface area contributed by atoms with Crippen LogP contribution >= 0.6 is 11.6 Å². The molecule has 3 aromatic carbocycles. The molecular weight excluding hydrogens is 344 g/mol. The monoisotopic (exact) mass is 362 g/mol. The van der Waals surface area contributed by atoms with Gasteiger partial charge in [-0.2, -0.15) is 0 Å². The first-order chi connectivity index (χ1) is 12.7. The Balaban J connectivity index is 1.48. The van der Waals surface area contributed by atoms with Gasteiger partial charge in [-0.25, -0.2) is 0 Å². The van der Waals surface area contributed by atoms with Crippen molar-refractivity contribution in [3.8, 4) is 11.5 Å². The number of ether oxygens (including phenoxy) is 2. The Morgan fingerprint density at radius 3 is 2.23 bits per heavy atom. The SMILES string of the molecule is Cc1ccc(C2Cc3c(cc(Cl)c4c3CC(c3ccccc3)O4)O2)cc1. The van der Waals surface area contributed by atoms with Crippen molar-refractivity contribution in [2.24, 2.45) is 0 Å². The van der Waals surface area contributed by atoms with Crippen LogP contribution in [0.2, 0.25) is 5.02 Å². The molecule has 0 fully saturated rings. The van der Waals surface area contributed by atoms with Gasteiger partial charge < -0.3 is 9.47 Å². The van der Waals surface area contributed by atoms with Gasteiger partial charge in [0.25, 0.3) is 0 Å². The van der Waals surface area contributed by atoms with Gasteiger partial charge in [0.1, 0.15) is 23.7 Å². The highest BCUT2D eigenvalue weighted by atomic mass is 35.5. The standard InChI is InChI=1S/C23H19ClO2/c1-14-7-9-16(10-8-14)20-11-17-18-12-21(15-5-3-2-4-6-15)26-23(18)19(24)13-22(17)25-20/h2-10,13,20-21H,11-12H2,1H3. The van der Waals surface area contributed by atoms with Crippen LogP contribution in [-0.4, -0.2) is 0 Å². The van der Waals surface area contributed by atoms with Gasteiger partial charge in [-0.05, 0) is 18.1 Å². The number of aryl methyl sites for hydroxylation is 1. The summed E-state index contributed by atoms with van der Waals surface area (Å²) in [5.74, 6) is 1.73. The maximum atomic E-state index is 6.52. The van der Waals surface area contributed by atoms with E-state index < -0.39 is 0 Å². The van der Waals surface area contributed by atoms with Crippen LogP contribution in [0.3, 0.4) is 0 Å². The molecule has 0 aliphatic carbocycles. The Hall–Kier alpha value is -2.45. The smallest absolute Gasteiger partial charge is 0.142 e. The zero-order chi connectivity index (χ0) is 17.7. The highest BCUT2D eigenvalue weighted by molar-refractivity contribution is 6.32. The molecule has 0 amide bonds. The molecule has 3 aromatic rings. The Kier molecular flexibility index (Phi) is 3.68. The van der Waals surface area contributed by atoms with E-state index in [9.17, 15) is 0 Å². The molecule has 2 atom stereocenters. The van der Waals surface area contributed by atoms with Crippen LogP contribution < -0.4 is 9.47 Å². The van der Waals surface area contributed by atoms with Crippen LogP contribution in [0.5, 0.6) is 11.5 Å². The molecule has 0 saturated heterocycles. The summed E-state index contributed by atoms with van der Waals surface area (Å²) in [6.45, 7) is 2.10. The highest BCUT2D eigenvalue weighted by Crippen LogP contribution is 2.50. The molecule has 130 valence electrons. The van der Waals surface area contributed by atoms with Gasteiger partial charge in [0, 0.05) is 30.0 Å². The van der Waals surface area contributed by atoms with Crippen LogP contribution in [0.1, 0.15) is 40.0 Å². The van der Waals surface area contributed by atoms with Crippen molar-refractivity contribution < 1.29 is 9.47 Å². The van der Waals surface area contributed by atoms with Crippen LogP contribution in [0, 0.1) is 6.92 Å². The first-order valence-electron chi connectivity index (χ1n) is 8.98. The summed E-state index contributed by atoms with van der Waals surface area (Å²) in [6, 6.07) is 20.8. The summed E-state index contributed by atoms with van der Waals surface area (Å²) in [7, 11) is 0. The van der Waals surface area contributed by atoms with E-state index in [1.54, 1.807) is 0 Å². The first-order valence-corrected chi connectivity index (χ1v) is 9.36. The van der Waals surface area contributed by atoms with Crippen molar-refractivity contribution >= 4 is 11.6 Å². The molecule has 2 aliphatic rings. The third kappa shape index (κ3) is 2.57. The van der Waals surface area contributed by atoms with Crippen LogP contribution in [0.4, 0.5) is 0 Å². The Labute approximate surface area is 158 Å². The van der Waals surface area contributed by atoms with E-state index in [1.165, 1.54) is 27.8 Å². The molecule has 0 N–H and O–H groups in total. The lowest BCUT2D eigenvalue weighted by atomic mass is 9.95. The molecule has 2 unspecified atom stereocenters. The number of hydrogen-bond acceptors (Lipinski definition) is 2. The summed E-state index contributed by atoms with van der Waals surface area (Å²) < 4.78 is 12.5. The van der Waals surface area contributed by atoms with Crippen molar-refractivity contribution in [3.05, 3.63) is 93.5 Å². The van der Waals surface area contributed by atoms with Gasteiger partial charge in [0.15, 0.2) is 0 Å².